The Morgan fingerprint density at radius 3 is 2.62 bits per heavy atom. The van der Waals surface area contributed by atoms with Crippen LogP contribution in [-0.2, 0) is 0 Å². The summed E-state index contributed by atoms with van der Waals surface area (Å²) in [4.78, 5) is 0. The van der Waals surface area contributed by atoms with Gasteiger partial charge >= 0.3 is 0 Å². The molecule has 0 saturated heterocycles. The molecule has 0 atom stereocenters. The van der Waals surface area contributed by atoms with Crippen molar-refractivity contribution in [3.8, 4) is 6.07 Å². The molecule has 16 heavy (non-hydrogen) atoms. The quantitative estimate of drug-likeness (QED) is 0.745. The molecule has 0 aromatic heterocycles. The summed E-state index contributed by atoms with van der Waals surface area (Å²) in [5.74, 6) is 0.658. The van der Waals surface area contributed by atoms with Crippen molar-refractivity contribution in [3.05, 3.63) is 23.8 Å². The minimum Gasteiger partial charge on any atom is -0.396 e. The lowest BCUT2D eigenvalue weighted by Gasteiger charge is -2.15. The maximum Gasteiger partial charge on any atom is 0.101 e. The normalized spacial score (nSPS) is 10.1. The Balaban J connectivity index is 2.71. The molecule has 1 rings (SSSR count). The second kappa shape index (κ2) is 6.02. The summed E-state index contributed by atoms with van der Waals surface area (Å²) < 4.78 is 0. The number of para-hydroxylation sites is 1. The summed E-state index contributed by atoms with van der Waals surface area (Å²) in [6, 6.07) is 7.59. The highest BCUT2D eigenvalue weighted by atomic mass is 14.9. The van der Waals surface area contributed by atoms with Gasteiger partial charge in [-0.05, 0) is 18.1 Å². The summed E-state index contributed by atoms with van der Waals surface area (Å²) in [7, 11) is 0. The Labute approximate surface area is 97.3 Å². The van der Waals surface area contributed by atoms with E-state index in [9.17, 15) is 0 Å². The number of nitriles is 1. The first-order valence-electron chi connectivity index (χ1n) is 5.75. The van der Waals surface area contributed by atoms with Crippen LogP contribution in [0.1, 0.15) is 32.3 Å². The Bertz CT molecular complexity index is 375. The van der Waals surface area contributed by atoms with Gasteiger partial charge in [-0.25, -0.2) is 0 Å². The minimum atomic E-state index is 0.537. The first kappa shape index (κ1) is 12.4. The van der Waals surface area contributed by atoms with Gasteiger partial charge in [0.1, 0.15) is 6.07 Å². The third-order valence-electron chi connectivity index (χ3n) is 2.96. The van der Waals surface area contributed by atoms with E-state index < -0.39 is 0 Å². The smallest absolute Gasteiger partial charge is 0.101 e. The molecule has 0 aliphatic heterocycles. The highest BCUT2D eigenvalue weighted by Crippen LogP contribution is 2.22. The fourth-order valence-electron chi connectivity index (χ4n) is 1.65. The monoisotopic (exact) mass is 217 g/mol. The van der Waals surface area contributed by atoms with Crippen molar-refractivity contribution >= 4 is 11.4 Å². The molecular formula is C13H19N3. The first-order valence-corrected chi connectivity index (χ1v) is 5.75. The van der Waals surface area contributed by atoms with E-state index in [0.717, 1.165) is 25.1 Å². The maximum atomic E-state index is 8.85. The van der Waals surface area contributed by atoms with Crippen LogP contribution in [0.2, 0.25) is 0 Å². The van der Waals surface area contributed by atoms with Gasteiger partial charge in [-0.1, -0.05) is 32.8 Å². The van der Waals surface area contributed by atoms with Gasteiger partial charge in [0.25, 0.3) is 0 Å². The van der Waals surface area contributed by atoms with Crippen LogP contribution in [0.4, 0.5) is 11.4 Å². The van der Waals surface area contributed by atoms with Crippen molar-refractivity contribution < 1.29 is 0 Å². The van der Waals surface area contributed by atoms with Crippen molar-refractivity contribution in [2.75, 3.05) is 17.6 Å². The molecule has 86 valence electrons. The molecule has 1 aromatic rings. The summed E-state index contributed by atoms with van der Waals surface area (Å²) in [6.07, 6.45) is 2.31. The fourth-order valence-corrected chi connectivity index (χ4v) is 1.65. The van der Waals surface area contributed by atoms with Gasteiger partial charge in [-0.3, -0.25) is 0 Å². The fraction of sp³-hybridized carbons (Fsp3) is 0.462. The van der Waals surface area contributed by atoms with Gasteiger partial charge in [0.15, 0.2) is 0 Å². The van der Waals surface area contributed by atoms with Gasteiger partial charge in [0.05, 0.1) is 16.9 Å². The van der Waals surface area contributed by atoms with Crippen molar-refractivity contribution in [3.63, 3.8) is 0 Å². The average molecular weight is 217 g/mol. The summed E-state index contributed by atoms with van der Waals surface area (Å²) in [5, 5.41) is 12.2. The highest BCUT2D eigenvalue weighted by Gasteiger charge is 2.06. The molecule has 0 heterocycles. The molecule has 3 heteroatoms. The Kier molecular flexibility index (Phi) is 4.65. The van der Waals surface area contributed by atoms with Gasteiger partial charge < -0.3 is 11.1 Å². The van der Waals surface area contributed by atoms with E-state index in [-0.39, 0.29) is 0 Å². The van der Waals surface area contributed by atoms with E-state index in [2.05, 4.69) is 25.2 Å². The Morgan fingerprint density at radius 2 is 2.06 bits per heavy atom. The third kappa shape index (κ3) is 2.90. The largest absolute Gasteiger partial charge is 0.396 e. The number of nitrogen functional groups attached to an aromatic ring is 1. The molecular weight excluding hydrogens is 198 g/mol. The molecule has 0 aliphatic carbocycles. The maximum absolute atomic E-state index is 8.85. The van der Waals surface area contributed by atoms with Crippen LogP contribution in [0, 0.1) is 17.2 Å². The standard InChI is InChI=1S/C13H19N3/c1-3-10(4-2)9-16-12-7-5-6-11(8-14)13(12)15/h5-7,10,16H,3-4,9,15H2,1-2H3. The lowest BCUT2D eigenvalue weighted by molar-refractivity contribution is 0.519. The summed E-state index contributed by atoms with van der Waals surface area (Å²) >= 11 is 0. The molecule has 0 spiro atoms. The Morgan fingerprint density at radius 1 is 1.38 bits per heavy atom. The molecule has 0 aliphatic rings. The van der Waals surface area contributed by atoms with Crippen LogP contribution in [0.5, 0.6) is 0 Å². The molecule has 0 radical (unpaired) electrons. The molecule has 3 nitrogen and oxygen atoms in total. The number of nitrogens with one attached hydrogen (secondary N) is 1. The van der Waals surface area contributed by atoms with Gasteiger partial charge in [0.2, 0.25) is 0 Å². The lowest BCUT2D eigenvalue weighted by Crippen LogP contribution is -2.13. The van der Waals surface area contributed by atoms with E-state index in [1.54, 1.807) is 6.07 Å². The van der Waals surface area contributed by atoms with Gasteiger partial charge in [-0.15, -0.1) is 0 Å². The van der Waals surface area contributed by atoms with Crippen molar-refractivity contribution in [1.29, 1.82) is 5.26 Å². The predicted molar refractivity (Wildman–Crippen MR) is 68.1 cm³/mol. The zero-order valence-corrected chi connectivity index (χ0v) is 9.96. The second-order valence-corrected chi connectivity index (χ2v) is 3.94. The van der Waals surface area contributed by atoms with E-state index in [0.29, 0.717) is 17.2 Å². The number of nitrogens with two attached hydrogens (primary N) is 1. The first-order chi connectivity index (χ1) is 7.72. The molecule has 0 bridgehead atoms. The van der Waals surface area contributed by atoms with Crippen LogP contribution < -0.4 is 11.1 Å². The molecule has 3 N–H and O–H groups in total. The molecule has 1 aromatic carbocycles. The van der Waals surface area contributed by atoms with Crippen molar-refractivity contribution in [1.82, 2.24) is 0 Å². The number of nitrogens with zero attached hydrogens (tertiary/aromatic N) is 1. The molecule has 0 amide bonds. The van der Waals surface area contributed by atoms with Gasteiger partial charge in [0, 0.05) is 6.54 Å². The molecule has 0 saturated carbocycles. The zero-order valence-electron chi connectivity index (χ0n) is 9.96. The van der Waals surface area contributed by atoms with Crippen molar-refractivity contribution in [2.45, 2.75) is 26.7 Å². The molecule has 0 unspecified atom stereocenters. The average Bonchev–Trinajstić information content (AvgIpc) is 2.32. The predicted octanol–water partition coefficient (Wildman–Crippen LogP) is 2.99. The van der Waals surface area contributed by atoms with Gasteiger partial charge in [-0.2, -0.15) is 5.26 Å². The number of rotatable bonds is 5. The Hall–Kier alpha value is -1.69. The van der Waals surface area contributed by atoms with Crippen LogP contribution in [0.15, 0.2) is 18.2 Å². The van der Waals surface area contributed by atoms with Crippen LogP contribution in [-0.4, -0.2) is 6.54 Å². The topological polar surface area (TPSA) is 61.8 Å². The highest BCUT2D eigenvalue weighted by molar-refractivity contribution is 5.72. The minimum absolute atomic E-state index is 0.537. The van der Waals surface area contributed by atoms with E-state index in [4.69, 9.17) is 11.0 Å². The van der Waals surface area contributed by atoms with Crippen LogP contribution in [0.3, 0.4) is 0 Å². The van der Waals surface area contributed by atoms with E-state index in [1.165, 1.54) is 0 Å². The summed E-state index contributed by atoms with van der Waals surface area (Å²) in [6.45, 7) is 5.28. The third-order valence-corrected chi connectivity index (χ3v) is 2.96. The zero-order chi connectivity index (χ0) is 12.0. The number of hydrogen-bond acceptors (Lipinski definition) is 3. The van der Waals surface area contributed by atoms with Crippen LogP contribution >= 0.6 is 0 Å². The number of benzene rings is 1. The van der Waals surface area contributed by atoms with E-state index >= 15 is 0 Å². The SMILES string of the molecule is CCC(CC)CNc1cccc(C#N)c1N. The second-order valence-electron chi connectivity index (χ2n) is 3.94. The lowest BCUT2D eigenvalue weighted by atomic mass is 10.0. The van der Waals surface area contributed by atoms with Crippen LogP contribution in [0.25, 0.3) is 0 Å². The number of anilines is 2. The van der Waals surface area contributed by atoms with E-state index in [1.807, 2.05) is 12.1 Å². The molecule has 0 fully saturated rings. The number of hydrogen-bond donors (Lipinski definition) is 2. The van der Waals surface area contributed by atoms with Crippen molar-refractivity contribution in [2.24, 2.45) is 5.92 Å². The summed E-state index contributed by atoms with van der Waals surface area (Å²) in [5.41, 5.74) is 7.83.